The Morgan fingerprint density at radius 2 is 1.94 bits per heavy atom. The van der Waals surface area contributed by atoms with Gasteiger partial charge in [0, 0.05) is 6.54 Å². The van der Waals surface area contributed by atoms with Gasteiger partial charge in [-0.2, -0.15) is 0 Å². The Morgan fingerprint density at radius 1 is 1.28 bits per heavy atom. The number of carbonyl (C=O) groups is 1. The van der Waals surface area contributed by atoms with E-state index in [0.29, 0.717) is 19.1 Å². The second-order valence-corrected chi connectivity index (χ2v) is 5.18. The van der Waals surface area contributed by atoms with E-state index in [1.807, 2.05) is 13.8 Å². The van der Waals surface area contributed by atoms with Crippen LogP contribution in [0.25, 0.3) is 0 Å². The van der Waals surface area contributed by atoms with Gasteiger partial charge in [0.05, 0.1) is 12.0 Å². The predicted molar refractivity (Wildman–Crippen MR) is 76.3 cm³/mol. The standard InChI is InChI=1S/C15H31NO2/c1-5-9-10-13(6-2)11-15(7-3,12-16)14(17)18-8-4/h13H,5-12,16H2,1-4H3. The molecule has 0 heterocycles. The first-order valence-corrected chi connectivity index (χ1v) is 7.47. The molecule has 0 aliphatic rings. The van der Waals surface area contributed by atoms with E-state index in [4.69, 9.17) is 10.5 Å². The van der Waals surface area contributed by atoms with Crippen molar-refractivity contribution < 1.29 is 9.53 Å². The summed E-state index contributed by atoms with van der Waals surface area (Å²) >= 11 is 0. The molecular formula is C15H31NO2. The highest BCUT2D eigenvalue weighted by atomic mass is 16.5. The van der Waals surface area contributed by atoms with E-state index in [2.05, 4.69) is 13.8 Å². The highest BCUT2D eigenvalue weighted by molar-refractivity contribution is 5.77. The molecule has 108 valence electrons. The molecule has 0 aromatic carbocycles. The van der Waals surface area contributed by atoms with Crippen molar-refractivity contribution in [1.82, 2.24) is 0 Å². The van der Waals surface area contributed by atoms with E-state index in [-0.39, 0.29) is 5.97 Å². The Bertz CT molecular complexity index is 225. The maximum atomic E-state index is 12.2. The fourth-order valence-corrected chi connectivity index (χ4v) is 2.46. The molecule has 0 radical (unpaired) electrons. The molecule has 3 heteroatoms. The molecule has 0 spiro atoms. The van der Waals surface area contributed by atoms with Crippen LogP contribution in [0.1, 0.15) is 66.2 Å². The van der Waals surface area contributed by atoms with Gasteiger partial charge >= 0.3 is 5.97 Å². The minimum Gasteiger partial charge on any atom is -0.466 e. The molecule has 0 fully saturated rings. The van der Waals surface area contributed by atoms with E-state index in [1.54, 1.807) is 0 Å². The SMILES string of the molecule is CCCCC(CC)CC(CC)(CN)C(=O)OCC. The molecular weight excluding hydrogens is 226 g/mol. The molecule has 3 nitrogen and oxygen atoms in total. The Morgan fingerprint density at radius 3 is 2.33 bits per heavy atom. The summed E-state index contributed by atoms with van der Waals surface area (Å²) in [4.78, 5) is 12.2. The van der Waals surface area contributed by atoms with Crippen molar-refractivity contribution in [3.8, 4) is 0 Å². The van der Waals surface area contributed by atoms with Crippen molar-refractivity contribution >= 4 is 5.97 Å². The van der Waals surface area contributed by atoms with E-state index in [1.165, 1.54) is 19.3 Å². The van der Waals surface area contributed by atoms with Gasteiger partial charge in [0.25, 0.3) is 0 Å². The minimum absolute atomic E-state index is 0.107. The number of nitrogens with two attached hydrogens (primary N) is 1. The Balaban J connectivity index is 4.70. The first-order chi connectivity index (χ1) is 8.60. The first-order valence-electron chi connectivity index (χ1n) is 7.47. The zero-order valence-corrected chi connectivity index (χ0v) is 12.6. The molecule has 0 aromatic rings. The van der Waals surface area contributed by atoms with Gasteiger partial charge in [-0.15, -0.1) is 0 Å². The number of carbonyl (C=O) groups excluding carboxylic acids is 1. The summed E-state index contributed by atoms with van der Waals surface area (Å²) in [6.45, 7) is 9.12. The second kappa shape index (κ2) is 9.37. The molecule has 0 saturated heterocycles. The highest BCUT2D eigenvalue weighted by Gasteiger charge is 2.38. The Labute approximate surface area is 112 Å². The maximum Gasteiger partial charge on any atom is 0.313 e. The molecule has 2 atom stereocenters. The largest absolute Gasteiger partial charge is 0.466 e. The summed E-state index contributed by atoms with van der Waals surface area (Å²) in [6.07, 6.45) is 6.37. The molecule has 0 rings (SSSR count). The van der Waals surface area contributed by atoms with Gasteiger partial charge in [-0.3, -0.25) is 4.79 Å². The number of hydrogen-bond acceptors (Lipinski definition) is 3. The van der Waals surface area contributed by atoms with Gasteiger partial charge in [-0.05, 0) is 25.7 Å². The zero-order valence-electron chi connectivity index (χ0n) is 12.6. The van der Waals surface area contributed by atoms with Crippen LogP contribution in [0, 0.1) is 11.3 Å². The van der Waals surface area contributed by atoms with Crippen LogP contribution in [0.2, 0.25) is 0 Å². The third-order valence-electron chi connectivity index (χ3n) is 4.00. The summed E-state index contributed by atoms with van der Waals surface area (Å²) in [5.74, 6) is 0.475. The number of hydrogen-bond donors (Lipinski definition) is 1. The van der Waals surface area contributed by atoms with Gasteiger partial charge in [-0.25, -0.2) is 0 Å². The number of unbranched alkanes of at least 4 members (excludes halogenated alkanes) is 1. The van der Waals surface area contributed by atoms with Crippen LogP contribution in [-0.4, -0.2) is 19.1 Å². The molecule has 2 N–H and O–H groups in total. The van der Waals surface area contributed by atoms with Crippen molar-refractivity contribution in [2.75, 3.05) is 13.2 Å². The van der Waals surface area contributed by atoms with Crippen molar-refractivity contribution in [2.45, 2.75) is 66.2 Å². The van der Waals surface area contributed by atoms with Gasteiger partial charge < -0.3 is 10.5 Å². The second-order valence-electron chi connectivity index (χ2n) is 5.18. The predicted octanol–water partition coefficient (Wildman–Crippen LogP) is 3.51. The third-order valence-corrected chi connectivity index (χ3v) is 4.00. The van der Waals surface area contributed by atoms with Crippen LogP contribution in [0.4, 0.5) is 0 Å². The lowest BCUT2D eigenvalue weighted by Gasteiger charge is -2.32. The summed E-state index contributed by atoms with van der Waals surface area (Å²) in [5.41, 5.74) is 5.41. The summed E-state index contributed by atoms with van der Waals surface area (Å²) < 4.78 is 5.22. The molecule has 18 heavy (non-hydrogen) atoms. The summed E-state index contributed by atoms with van der Waals surface area (Å²) in [6, 6.07) is 0. The lowest BCUT2D eigenvalue weighted by molar-refractivity contribution is -0.156. The quantitative estimate of drug-likeness (QED) is 0.609. The smallest absolute Gasteiger partial charge is 0.313 e. The van der Waals surface area contributed by atoms with E-state index >= 15 is 0 Å². The molecule has 0 aromatic heterocycles. The Hall–Kier alpha value is -0.570. The van der Waals surface area contributed by atoms with Crippen LogP contribution in [0.5, 0.6) is 0 Å². The van der Waals surface area contributed by atoms with E-state index < -0.39 is 5.41 Å². The van der Waals surface area contributed by atoms with Gasteiger partial charge in [0.15, 0.2) is 0 Å². The number of ether oxygens (including phenoxy) is 1. The van der Waals surface area contributed by atoms with Crippen molar-refractivity contribution in [2.24, 2.45) is 17.1 Å². The van der Waals surface area contributed by atoms with Crippen molar-refractivity contribution in [3.05, 3.63) is 0 Å². The van der Waals surface area contributed by atoms with E-state index in [9.17, 15) is 4.79 Å². The number of esters is 1. The zero-order chi connectivity index (χ0) is 14.0. The Kier molecular flexibility index (Phi) is 9.08. The third kappa shape index (κ3) is 4.97. The first kappa shape index (κ1) is 17.4. The minimum atomic E-state index is -0.468. The van der Waals surface area contributed by atoms with Crippen LogP contribution in [0.15, 0.2) is 0 Å². The van der Waals surface area contributed by atoms with Crippen LogP contribution < -0.4 is 5.73 Å². The van der Waals surface area contributed by atoms with Crippen molar-refractivity contribution in [1.29, 1.82) is 0 Å². The lowest BCUT2D eigenvalue weighted by atomic mass is 9.75. The number of rotatable bonds is 10. The van der Waals surface area contributed by atoms with Crippen LogP contribution in [-0.2, 0) is 9.53 Å². The van der Waals surface area contributed by atoms with Gasteiger partial charge in [-0.1, -0.05) is 46.5 Å². The average molecular weight is 257 g/mol. The molecule has 0 amide bonds. The fourth-order valence-electron chi connectivity index (χ4n) is 2.46. The summed E-state index contributed by atoms with van der Waals surface area (Å²) in [5, 5.41) is 0. The topological polar surface area (TPSA) is 52.3 Å². The van der Waals surface area contributed by atoms with Crippen LogP contribution >= 0.6 is 0 Å². The normalized spacial score (nSPS) is 16.1. The fraction of sp³-hybridized carbons (Fsp3) is 0.933. The average Bonchev–Trinajstić information content (AvgIpc) is 2.40. The lowest BCUT2D eigenvalue weighted by Crippen LogP contribution is -2.41. The van der Waals surface area contributed by atoms with E-state index in [0.717, 1.165) is 19.3 Å². The molecule has 0 bridgehead atoms. The van der Waals surface area contributed by atoms with Crippen LogP contribution in [0.3, 0.4) is 0 Å². The molecule has 0 aliphatic carbocycles. The van der Waals surface area contributed by atoms with Crippen molar-refractivity contribution in [3.63, 3.8) is 0 Å². The molecule has 2 unspecified atom stereocenters. The molecule has 0 saturated carbocycles. The summed E-state index contributed by atoms with van der Waals surface area (Å²) in [7, 11) is 0. The van der Waals surface area contributed by atoms with Gasteiger partial charge in [0.1, 0.15) is 0 Å². The molecule has 0 aliphatic heterocycles. The van der Waals surface area contributed by atoms with Gasteiger partial charge in [0.2, 0.25) is 0 Å². The maximum absolute atomic E-state index is 12.2. The monoisotopic (exact) mass is 257 g/mol. The highest BCUT2D eigenvalue weighted by Crippen LogP contribution is 2.34.